The van der Waals surface area contributed by atoms with Crippen molar-refractivity contribution in [2.75, 3.05) is 0 Å². The number of allylic oxidation sites excluding steroid dienone is 2. The Kier molecular flexibility index (Phi) is 3.02. The molecule has 86 valence electrons. The molecular weight excluding hydrogens is 216 g/mol. The van der Waals surface area contributed by atoms with Crippen LogP contribution in [0.2, 0.25) is 0 Å². The van der Waals surface area contributed by atoms with E-state index in [1.807, 2.05) is 0 Å². The molecule has 0 radical (unpaired) electrons. The zero-order valence-corrected chi connectivity index (χ0v) is 9.38. The zero-order chi connectivity index (χ0) is 12.4. The summed E-state index contributed by atoms with van der Waals surface area (Å²) in [4.78, 5) is 23.9. The average molecular weight is 228 g/mol. The predicted octanol–water partition coefficient (Wildman–Crippen LogP) is 1.93. The molecular formula is C14H12O3. The first kappa shape index (κ1) is 11.5. The number of hydrogen-bond acceptors (Lipinski definition) is 3. The van der Waals surface area contributed by atoms with Crippen LogP contribution in [0, 0.1) is 0 Å². The van der Waals surface area contributed by atoms with Crippen LogP contribution < -0.4 is 0 Å². The number of aliphatic hydroxyl groups excluding tert-OH is 1. The van der Waals surface area contributed by atoms with Gasteiger partial charge in [-0.25, -0.2) is 0 Å². The molecule has 1 atom stereocenters. The SMILES string of the molecule is C/C=C\[C@@H](O)C1=CC(=O)c2ccccc2C1=O. The van der Waals surface area contributed by atoms with Crippen LogP contribution in [0.4, 0.5) is 0 Å². The summed E-state index contributed by atoms with van der Waals surface area (Å²) >= 11 is 0. The van der Waals surface area contributed by atoms with E-state index in [2.05, 4.69) is 0 Å². The number of hydrogen-bond donors (Lipinski definition) is 1. The van der Waals surface area contributed by atoms with Gasteiger partial charge in [0.05, 0.1) is 0 Å². The molecule has 0 spiro atoms. The van der Waals surface area contributed by atoms with Crippen molar-refractivity contribution >= 4 is 11.6 Å². The van der Waals surface area contributed by atoms with Gasteiger partial charge in [0.15, 0.2) is 11.6 Å². The van der Waals surface area contributed by atoms with Gasteiger partial charge in [0.25, 0.3) is 0 Å². The van der Waals surface area contributed by atoms with Crippen LogP contribution in [-0.4, -0.2) is 22.8 Å². The summed E-state index contributed by atoms with van der Waals surface area (Å²) in [5.74, 6) is -0.524. The molecule has 0 aromatic heterocycles. The topological polar surface area (TPSA) is 54.4 Å². The van der Waals surface area contributed by atoms with Crippen LogP contribution in [-0.2, 0) is 0 Å². The number of Topliss-reactive ketones (excluding diaryl/α,β-unsaturated/α-hetero) is 1. The lowest BCUT2D eigenvalue weighted by molar-refractivity contribution is 0.0960. The molecule has 17 heavy (non-hydrogen) atoms. The highest BCUT2D eigenvalue weighted by molar-refractivity contribution is 6.24. The first-order chi connectivity index (χ1) is 8.15. The highest BCUT2D eigenvalue weighted by Crippen LogP contribution is 2.23. The molecule has 3 nitrogen and oxygen atoms in total. The Bertz CT molecular complexity index is 538. The van der Waals surface area contributed by atoms with Crippen LogP contribution in [0.15, 0.2) is 48.1 Å². The van der Waals surface area contributed by atoms with Gasteiger partial charge in [-0.1, -0.05) is 36.4 Å². The molecule has 0 saturated heterocycles. The molecule has 1 aromatic carbocycles. The number of carbonyl (C=O) groups excluding carboxylic acids is 2. The van der Waals surface area contributed by atoms with E-state index in [1.165, 1.54) is 12.2 Å². The predicted molar refractivity (Wildman–Crippen MR) is 64.0 cm³/mol. The first-order valence-corrected chi connectivity index (χ1v) is 5.35. The van der Waals surface area contributed by atoms with E-state index in [-0.39, 0.29) is 17.1 Å². The van der Waals surface area contributed by atoms with E-state index in [0.29, 0.717) is 11.1 Å². The lowest BCUT2D eigenvalue weighted by Crippen LogP contribution is -2.23. The number of ketones is 2. The Balaban J connectivity index is 2.48. The quantitative estimate of drug-likeness (QED) is 0.787. The van der Waals surface area contributed by atoms with Gasteiger partial charge < -0.3 is 5.11 Å². The van der Waals surface area contributed by atoms with Crippen molar-refractivity contribution in [1.29, 1.82) is 0 Å². The van der Waals surface area contributed by atoms with E-state index < -0.39 is 6.10 Å². The lowest BCUT2D eigenvalue weighted by Gasteiger charge is -2.16. The maximum Gasteiger partial charge on any atom is 0.192 e. The highest BCUT2D eigenvalue weighted by atomic mass is 16.3. The molecule has 0 unspecified atom stereocenters. The molecule has 0 heterocycles. The Hall–Kier alpha value is -2.00. The molecule has 0 fully saturated rings. The van der Waals surface area contributed by atoms with Crippen molar-refractivity contribution in [2.24, 2.45) is 0 Å². The Morgan fingerprint density at radius 1 is 1.18 bits per heavy atom. The molecule has 1 aliphatic rings. The van der Waals surface area contributed by atoms with Gasteiger partial charge in [-0.15, -0.1) is 0 Å². The minimum absolute atomic E-state index is 0.131. The third-order valence-corrected chi connectivity index (χ3v) is 2.68. The molecule has 0 aliphatic heterocycles. The second-order valence-corrected chi connectivity index (χ2v) is 3.81. The van der Waals surface area contributed by atoms with Crippen molar-refractivity contribution in [3.8, 4) is 0 Å². The normalized spacial score (nSPS) is 16.9. The minimum atomic E-state index is -1.02. The average Bonchev–Trinajstić information content (AvgIpc) is 2.34. The first-order valence-electron chi connectivity index (χ1n) is 5.35. The molecule has 2 rings (SSSR count). The fourth-order valence-corrected chi connectivity index (χ4v) is 1.84. The number of benzene rings is 1. The van der Waals surface area contributed by atoms with E-state index in [4.69, 9.17) is 0 Å². The lowest BCUT2D eigenvalue weighted by atomic mass is 9.87. The summed E-state index contributed by atoms with van der Waals surface area (Å²) < 4.78 is 0. The van der Waals surface area contributed by atoms with Gasteiger partial charge in [0, 0.05) is 16.7 Å². The molecule has 1 aromatic rings. The third kappa shape index (κ3) is 1.97. The van der Waals surface area contributed by atoms with Crippen LogP contribution in [0.3, 0.4) is 0 Å². The molecule has 1 N–H and O–H groups in total. The summed E-state index contributed by atoms with van der Waals surface area (Å²) in [6.45, 7) is 1.74. The number of aliphatic hydroxyl groups is 1. The van der Waals surface area contributed by atoms with Crippen LogP contribution in [0.5, 0.6) is 0 Å². The van der Waals surface area contributed by atoms with E-state index in [1.54, 1.807) is 37.3 Å². The molecule has 0 amide bonds. The summed E-state index contributed by atoms with van der Waals surface area (Å²) in [6.07, 6.45) is 3.31. The smallest absolute Gasteiger partial charge is 0.192 e. The van der Waals surface area contributed by atoms with Gasteiger partial charge in [0.2, 0.25) is 0 Å². The number of carbonyl (C=O) groups is 2. The Morgan fingerprint density at radius 2 is 1.82 bits per heavy atom. The summed E-state index contributed by atoms with van der Waals surface area (Å²) in [6, 6.07) is 6.63. The Morgan fingerprint density at radius 3 is 2.47 bits per heavy atom. The molecule has 1 aliphatic carbocycles. The summed E-state index contributed by atoms with van der Waals surface area (Å²) in [5, 5.41) is 9.76. The van der Waals surface area contributed by atoms with E-state index >= 15 is 0 Å². The van der Waals surface area contributed by atoms with Gasteiger partial charge in [-0.2, -0.15) is 0 Å². The summed E-state index contributed by atoms with van der Waals surface area (Å²) in [5.41, 5.74) is 0.888. The van der Waals surface area contributed by atoms with Crippen LogP contribution >= 0.6 is 0 Å². The van der Waals surface area contributed by atoms with Crippen LogP contribution in [0.25, 0.3) is 0 Å². The Labute approximate surface area is 99.1 Å². The zero-order valence-electron chi connectivity index (χ0n) is 9.38. The van der Waals surface area contributed by atoms with Crippen molar-refractivity contribution in [2.45, 2.75) is 13.0 Å². The maximum absolute atomic E-state index is 12.1. The van der Waals surface area contributed by atoms with Gasteiger partial charge in [0.1, 0.15) is 6.10 Å². The standard InChI is InChI=1S/C14H12O3/c1-2-5-12(15)11-8-13(16)9-6-3-4-7-10(9)14(11)17/h2-8,12,15H,1H3/b5-2-/t12-/m1/s1. The maximum atomic E-state index is 12.1. The molecule has 3 heteroatoms. The minimum Gasteiger partial charge on any atom is -0.384 e. The monoisotopic (exact) mass is 228 g/mol. The fraction of sp³-hybridized carbons (Fsp3) is 0.143. The van der Waals surface area contributed by atoms with Gasteiger partial charge in [-0.3, -0.25) is 9.59 Å². The van der Waals surface area contributed by atoms with Crippen LogP contribution in [0.1, 0.15) is 27.6 Å². The van der Waals surface area contributed by atoms with Gasteiger partial charge in [-0.05, 0) is 13.0 Å². The highest BCUT2D eigenvalue weighted by Gasteiger charge is 2.27. The van der Waals surface area contributed by atoms with Crippen molar-refractivity contribution in [3.63, 3.8) is 0 Å². The second kappa shape index (κ2) is 4.47. The fourth-order valence-electron chi connectivity index (χ4n) is 1.84. The van der Waals surface area contributed by atoms with Gasteiger partial charge >= 0.3 is 0 Å². The van der Waals surface area contributed by atoms with Crippen molar-refractivity contribution < 1.29 is 14.7 Å². The third-order valence-electron chi connectivity index (χ3n) is 2.68. The summed E-state index contributed by atoms with van der Waals surface area (Å²) in [7, 11) is 0. The second-order valence-electron chi connectivity index (χ2n) is 3.81. The molecule has 0 saturated carbocycles. The number of fused-ring (bicyclic) bond motifs is 1. The van der Waals surface area contributed by atoms with E-state index in [9.17, 15) is 14.7 Å². The van der Waals surface area contributed by atoms with Crippen molar-refractivity contribution in [3.05, 3.63) is 59.2 Å². The van der Waals surface area contributed by atoms with E-state index in [0.717, 1.165) is 0 Å². The molecule has 0 bridgehead atoms. The largest absolute Gasteiger partial charge is 0.384 e. The van der Waals surface area contributed by atoms with Crippen molar-refractivity contribution in [1.82, 2.24) is 0 Å². The number of rotatable bonds is 2.